The van der Waals surface area contributed by atoms with Crippen LogP contribution in [0.15, 0.2) is 42.5 Å². The Balaban J connectivity index is 1.78. The molecule has 23 heavy (non-hydrogen) atoms. The first-order valence-electron chi connectivity index (χ1n) is 7.68. The van der Waals surface area contributed by atoms with Crippen LogP contribution in [0.4, 0.5) is 0 Å². The number of benzene rings is 2. The molecule has 4 nitrogen and oxygen atoms in total. The zero-order chi connectivity index (χ0) is 16.7. The highest BCUT2D eigenvalue weighted by molar-refractivity contribution is 5.77. The molecule has 1 amide bonds. The van der Waals surface area contributed by atoms with Crippen LogP contribution >= 0.6 is 0 Å². The second kappa shape index (κ2) is 8.22. The van der Waals surface area contributed by atoms with Crippen molar-refractivity contribution in [3.8, 4) is 11.5 Å². The van der Waals surface area contributed by atoms with Crippen LogP contribution in [-0.4, -0.2) is 26.2 Å². The summed E-state index contributed by atoms with van der Waals surface area (Å²) in [6.07, 6.45) is 0.723. The van der Waals surface area contributed by atoms with E-state index >= 15 is 0 Å². The van der Waals surface area contributed by atoms with Crippen molar-refractivity contribution in [1.29, 1.82) is 0 Å². The SMILES string of the molecule is COc1ccc(C)cc1CCNC(=O)COc1cccc(C)c1. The minimum Gasteiger partial charge on any atom is -0.496 e. The van der Waals surface area contributed by atoms with E-state index in [-0.39, 0.29) is 12.5 Å². The fraction of sp³-hybridized carbons (Fsp3) is 0.316. The number of nitrogens with one attached hydrogen (secondary N) is 1. The lowest BCUT2D eigenvalue weighted by Gasteiger charge is -2.11. The van der Waals surface area contributed by atoms with Gasteiger partial charge in [0.1, 0.15) is 11.5 Å². The van der Waals surface area contributed by atoms with Gasteiger partial charge in [0.25, 0.3) is 5.91 Å². The van der Waals surface area contributed by atoms with Crippen molar-refractivity contribution < 1.29 is 14.3 Å². The Bertz CT molecular complexity index is 667. The fourth-order valence-corrected chi connectivity index (χ4v) is 2.34. The first-order valence-corrected chi connectivity index (χ1v) is 7.68. The van der Waals surface area contributed by atoms with Gasteiger partial charge in [0, 0.05) is 6.54 Å². The summed E-state index contributed by atoms with van der Waals surface area (Å²) in [6, 6.07) is 13.7. The Morgan fingerprint density at radius 1 is 1.09 bits per heavy atom. The first kappa shape index (κ1) is 16.9. The molecule has 0 aliphatic rings. The molecular formula is C19H23NO3. The molecule has 0 atom stereocenters. The summed E-state index contributed by atoms with van der Waals surface area (Å²) >= 11 is 0. The van der Waals surface area contributed by atoms with E-state index in [1.54, 1.807) is 7.11 Å². The van der Waals surface area contributed by atoms with Gasteiger partial charge in [0.05, 0.1) is 7.11 Å². The summed E-state index contributed by atoms with van der Waals surface area (Å²) in [6.45, 7) is 4.60. The zero-order valence-electron chi connectivity index (χ0n) is 13.9. The molecular weight excluding hydrogens is 290 g/mol. The predicted octanol–water partition coefficient (Wildman–Crippen LogP) is 3.05. The van der Waals surface area contributed by atoms with Crippen LogP contribution in [0.3, 0.4) is 0 Å². The third kappa shape index (κ3) is 5.33. The van der Waals surface area contributed by atoms with Crippen molar-refractivity contribution in [2.45, 2.75) is 20.3 Å². The van der Waals surface area contributed by atoms with Crippen LogP contribution in [0.2, 0.25) is 0 Å². The quantitative estimate of drug-likeness (QED) is 0.854. The lowest BCUT2D eigenvalue weighted by molar-refractivity contribution is -0.123. The number of ether oxygens (including phenoxy) is 2. The molecule has 0 unspecified atom stereocenters. The normalized spacial score (nSPS) is 10.2. The van der Waals surface area contributed by atoms with E-state index < -0.39 is 0 Å². The average Bonchev–Trinajstić information content (AvgIpc) is 2.53. The van der Waals surface area contributed by atoms with Crippen molar-refractivity contribution in [2.24, 2.45) is 0 Å². The first-order chi connectivity index (χ1) is 11.1. The van der Waals surface area contributed by atoms with Gasteiger partial charge in [-0.2, -0.15) is 0 Å². The third-order valence-electron chi connectivity index (χ3n) is 3.51. The Hall–Kier alpha value is -2.49. The molecule has 0 radical (unpaired) electrons. The van der Waals surface area contributed by atoms with E-state index in [1.165, 1.54) is 5.56 Å². The van der Waals surface area contributed by atoms with Crippen LogP contribution in [0.1, 0.15) is 16.7 Å². The van der Waals surface area contributed by atoms with Gasteiger partial charge in [-0.3, -0.25) is 4.79 Å². The van der Waals surface area contributed by atoms with Gasteiger partial charge in [0.2, 0.25) is 0 Å². The second-order valence-electron chi connectivity index (χ2n) is 5.52. The predicted molar refractivity (Wildman–Crippen MR) is 91.1 cm³/mol. The number of rotatable bonds is 7. The molecule has 0 aliphatic carbocycles. The van der Waals surface area contributed by atoms with Crippen molar-refractivity contribution in [2.75, 3.05) is 20.3 Å². The van der Waals surface area contributed by atoms with Gasteiger partial charge in [-0.15, -0.1) is 0 Å². The summed E-state index contributed by atoms with van der Waals surface area (Å²) in [5.41, 5.74) is 3.37. The zero-order valence-corrected chi connectivity index (χ0v) is 13.9. The highest BCUT2D eigenvalue weighted by Crippen LogP contribution is 2.19. The molecule has 0 saturated heterocycles. The molecule has 0 spiro atoms. The summed E-state index contributed by atoms with van der Waals surface area (Å²) < 4.78 is 10.8. The molecule has 122 valence electrons. The number of methoxy groups -OCH3 is 1. The molecule has 0 aliphatic heterocycles. The van der Waals surface area contributed by atoms with Gasteiger partial charge in [0.15, 0.2) is 6.61 Å². The molecule has 2 aromatic rings. The maximum absolute atomic E-state index is 11.8. The molecule has 0 aromatic heterocycles. The van der Waals surface area contributed by atoms with E-state index in [1.807, 2.05) is 50.2 Å². The van der Waals surface area contributed by atoms with E-state index in [4.69, 9.17) is 9.47 Å². The minimum atomic E-state index is -0.127. The molecule has 0 saturated carbocycles. The Morgan fingerprint density at radius 3 is 2.61 bits per heavy atom. The number of hydrogen-bond donors (Lipinski definition) is 1. The highest BCUT2D eigenvalue weighted by atomic mass is 16.5. The monoisotopic (exact) mass is 313 g/mol. The van der Waals surface area contributed by atoms with Gasteiger partial charge in [-0.1, -0.05) is 29.8 Å². The van der Waals surface area contributed by atoms with Crippen LogP contribution in [0.25, 0.3) is 0 Å². The van der Waals surface area contributed by atoms with E-state index in [2.05, 4.69) is 11.4 Å². The Kier molecular flexibility index (Phi) is 6.03. The van der Waals surface area contributed by atoms with Crippen molar-refractivity contribution in [1.82, 2.24) is 5.32 Å². The number of amides is 1. The topological polar surface area (TPSA) is 47.6 Å². The lowest BCUT2D eigenvalue weighted by atomic mass is 10.1. The van der Waals surface area contributed by atoms with E-state index in [9.17, 15) is 4.79 Å². The number of carbonyl (C=O) groups is 1. The van der Waals surface area contributed by atoms with Crippen LogP contribution < -0.4 is 14.8 Å². The Labute approximate surface area is 137 Å². The van der Waals surface area contributed by atoms with Crippen molar-refractivity contribution in [3.05, 3.63) is 59.2 Å². The van der Waals surface area contributed by atoms with Gasteiger partial charge in [-0.25, -0.2) is 0 Å². The number of aryl methyl sites for hydroxylation is 2. The van der Waals surface area contributed by atoms with E-state index in [0.29, 0.717) is 12.3 Å². The summed E-state index contributed by atoms with van der Waals surface area (Å²) in [5.74, 6) is 1.43. The molecule has 4 heteroatoms. The molecule has 0 heterocycles. The van der Waals surface area contributed by atoms with Gasteiger partial charge in [-0.05, 0) is 49.6 Å². The fourth-order valence-electron chi connectivity index (χ4n) is 2.34. The summed E-state index contributed by atoms with van der Waals surface area (Å²) in [4.78, 5) is 11.8. The standard InChI is InChI=1S/C19H23NO3/c1-14-5-4-6-17(12-14)23-13-19(21)20-10-9-16-11-15(2)7-8-18(16)22-3/h4-8,11-12H,9-10,13H2,1-3H3,(H,20,21). The largest absolute Gasteiger partial charge is 0.496 e. The number of hydrogen-bond acceptors (Lipinski definition) is 3. The van der Waals surface area contributed by atoms with Crippen molar-refractivity contribution >= 4 is 5.91 Å². The molecule has 2 aromatic carbocycles. The third-order valence-corrected chi connectivity index (χ3v) is 3.51. The molecule has 0 fully saturated rings. The second-order valence-corrected chi connectivity index (χ2v) is 5.52. The van der Waals surface area contributed by atoms with Crippen LogP contribution in [0.5, 0.6) is 11.5 Å². The Morgan fingerprint density at radius 2 is 1.87 bits per heavy atom. The van der Waals surface area contributed by atoms with Crippen LogP contribution in [0, 0.1) is 13.8 Å². The maximum Gasteiger partial charge on any atom is 0.257 e. The summed E-state index contributed by atoms with van der Waals surface area (Å²) in [7, 11) is 1.66. The highest BCUT2D eigenvalue weighted by Gasteiger charge is 2.06. The summed E-state index contributed by atoms with van der Waals surface area (Å²) in [5, 5.41) is 2.87. The molecule has 2 rings (SSSR count). The van der Waals surface area contributed by atoms with Crippen molar-refractivity contribution in [3.63, 3.8) is 0 Å². The van der Waals surface area contributed by atoms with E-state index in [0.717, 1.165) is 23.3 Å². The number of carbonyl (C=O) groups excluding carboxylic acids is 1. The lowest BCUT2D eigenvalue weighted by Crippen LogP contribution is -2.30. The van der Waals surface area contributed by atoms with Crippen LogP contribution in [-0.2, 0) is 11.2 Å². The molecule has 0 bridgehead atoms. The molecule has 1 N–H and O–H groups in total. The smallest absolute Gasteiger partial charge is 0.257 e. The van der Waals surface area contributed by atoms with Gasteiger partial charge < -0.3 is 14.8 Å². The average molecular weight is 313 g/mol. The maximum atomic E-state index is 11.8. The van der Waals surface area contributed by atoms with Gasteiger partial charge >= 0.3 is 0 Å². The minimum absolute atomic E-state index is 0.0222.